The molecule has 4 nitrogen and oxygen atoms in total. The average Bonchev–Trinajstić information content (AvgIpc) is 2.90. The second-order valence-electron chi connectivity index (χ2n) is 7.21. The van der Waals surface area contributed by atoms with E-state index in [-0.39, 0.29) is 14.5 Å². The highest BCUT2D eigenvalue weighted by Crippen LogP contribution is 1.89. The molecule has 0 aliphatic heterocycles. The quantitative estimate of drug-likeness (QED) is 0.428. The zero-order chi connectivity index (χ0) is 25.7. The molecule has 0 radical (unpaired) electrons. The molecule has 0 spiro atoms. The van der Waals surface area contributed by atoms with Gasteiger partial charge in [0.2, 0.25) is 0 Å². The minimum absolute atomic E-state index is 0. The molecule has 0 aliphatic rings. The van der Waals surface area contributed by atoms with Crippen LogP contribution in [0.4, 0.5) is 0 Å². The van der Waals surface area contributed by atoms with Crippen molar-refractivity contribution in [2.45, 2.75) is 87.5 Å². The molecule has 0 bridgehead atoms. The molecule has 0 atom stereocenters. The lowest BCUT2D eigenvalue weighted by Crippen LogP contribution is -2.34. The fourth-order valence-corrected chi connectivity index (χ4v) is 1.73. The summed E-state index contributed by atoms with van der Waals surface area (Å²) in [5.74, 6) is 0. The van der Waals surface area contributed by atoms with Crippen LogP contribution in [0.1, 0.15) is 87.5 Å². The van der Waals surface area contributed by atoms with Gasteiger partial charge >= 0.3 is 14.2 Å². The second-order valence-corrected chi connectivity index (χ2v) is 7.21. The molecule has 34 heavy (non-hydrogen) atoms. The van der Waals surface area contributed by atoms with Crippen molar-refractivity contribution in [1.82, 2.24) is 0 Å². The highest BCUT2D eigenvalue weighted by molar-refractivity contribution is 6.61. The normalized spacial score (nSPS) is 8.53. The third-order valence-corrected chi connectivity index (χ3v) is 4.31. The predicted octanol–water partition coefficient (Wildman–Crippen LogP) is 6.75. The van der Waals surface area contributed by atoms with Gasteiger partial charge in [0.05, 0.1) is 0 Å². The number of hydrogen-bond acceptors (Lipinski definition) is 4. The second kappa shape index (κ2) is 33.6. The number of rotatable bonds is 8. The maximum atomic E-state index is 9.11. The van der Waals surface area contributed by atoms with Crippen LogP contribution in [0.2, 0.25) is 0 Å². The van der Waals surface area contributed by atoms with Gasteiger partial charge in [-0.05, 0) is 10.9 Å². The Kier molecular flexibility index (Phi) is 39.1. The Hall–Kier alpha value is -1.59. The fourth-order valence-electron chi connectivity index (χ4n) is 1.73. The molecular formula is C28H54B2O4. The summed E-state index contributed by atoms with van der Waals surface area (Å²) in [4.78, 5) is 0. The fraction of sp³-hybridized carbons (Fsp3) is 0.571. The molecule has 0 saturated carbocycles. The Bertz CT molecular complexity index is 552. The smallest absolute Gasteiger partial charge is 0.423 e. The van der Waals surface area contributed by atoms with E-state index < -0.39 is 7.12 Å². The van der Waals surface area contributed by atoms with Gasteiger partial charge < -0.3 is 19.0 Å². The molecule has 0 fully saturated rings. The molecule has 2 aromatic rings. The van der Waals surface area contributed by atoms with E-state index in [1.54, 1.807) is 14.2 Å². The van der Waals surface area contributed by atoms with E-state index in [2.05, 4.69) is 41.5 Å². The molecule has 0 heterocycles. The average molecular weight is 476 g/mol. The lowest BCUT2D eigenvalue weighted by Gasteiger charge is -2.07. The van der Waals surface area contributed by atoms with Crippen molar-refractivity contribution < 1.29 is 19.0 Å². The van der Waals surface area contributed by atoms with Crippen molar-refractivity contribution in [1.29, 1.82) is 0 Å². The third kappa shape index (κ3) is 26.7. The van der Waals surface area contributed by atoms with Crippen molar-refractivity contribution in [2.24, 2.45) is 0 Å². The van der Waals surface area contributed by atoms with Crippen molar-refractivity contribution in [3.8, 4) is 0 Å². The van der Waals surface area contributed by atoms with Gasteiger partial charge in [0.25, 0.3) is 0 Å². The highest BCUT2D eigenvalue weighted by Gasteiger charge is 2.16. The zero-order valence-corrected chi connectivity index (χ0v) is 22.8. The van der Waals surface area contributed by atoms with Crippen LogP contribution in [0.5, 0.6) is 0 Å². The summed E-state index contributed by atoms with van der Waals surface area (Å²) in [5, 5.41) is 9.11. The highest BCUT2D eigenvalue weighted by atomic mass is 16.6. The van der Waals surface area contributed by atoms with Gasteiger partial charge in [0.1, 0.15) is 0 Å². The summed E-state index contributed by atoms with van der Waals surface area (Å²) in [6, 6.07) is 19.1. The topological polar surface area (TPSA) is 47.9 Å². The molecule has 6 heteroatoms. The number of hydrogen-bond donors (Lipinski definition) is 1. The van der Waals surface area contributed by atoms with Crippen LogP contribution in [0.15, 0.2) is 60.7 Å². The van der Waals surface area contributed by atoms with Crippen molar-refractivity contribution in [2.75, 3.05) is 21.3 Å². The first-order chi connectivity index (χ1) is 16.0. The maximum Gasteiger partial charge on any atom is 0.493 e. The Balaban J connectivity index is -0.000000179. The lowest BCUT2D eigenvalue weighted by atomic mass is 9.79. The van der Waals surface area contributed by atoms with E-state index in [0.29, 0.717) is 0 Å². The van der Waals surface area contributed by atoms with Crippen LogP contribution in [-0.4, -0.2) is 40.6 Å². The zero-order valence-electron chi connectivity index (χ0n) is 22.8. The summed E-state index contributed by atoms with van der Waals surface area (Å²) < 4.78 is 14.8. The predicted molar refractivity (Wildman–Crippen MR) is 155 cm³/mol. The van der Waals surface area contributed by atoms with E-state index in [9.17, 15) is 0 Å². The SMILES string of the molecule is C.CCCC.CCCC.CCCC.COB(O)c1ccccc1.COB(OC)c1ccccc1. The largest absolute Gasteiger partial charge is 0.493 e. The van der Waals surface area contributed by atoms with Crippen molar-refractivity contribution in [3.05, 3.63) is 60.7 Å². The van der Waals surface area contributed by atoms with Gasteiger partial charge in [-0.15, -0.1) is 0 Å². The van der Waals surface area contributed by atoms with Gasteiger partial charge in [0, 0.05) is 21.3 Å². The van der Waals surface area contributed by atoms with E-state index in [0.717, 1.165) is 10.9 Å². The van der Waals surface area contributed by atoms with E-state index in [4.69, 9.17) is 19.0 Å². The van der Waals surface area contributed by atoms with Gasteiger partial charge in [-0.2, -0.15) is 0 Å². The first-order valence-electron chi connectivity index (χ1n) is 12.3. The summed E-state index contributed by atoms with van der Waals surface area (Å²) in [5.41, 5.74) is 1.82. The van der Waals surface area contributed by atoms with Gasteiger partial charge in [-0.3, -0.25) is 0 Å². The van der Waals surface area contributed by atoms with Crippen molar-refractivity contribution in [3.63, 3.8) is 0 Å². The number of benzene rings is 2. The summed E-state index contributed by atoms with van der Waals surface area (Å²) in [6.45, 7) is 13.1. The Morgan fingerprint density at radius 1 is 0.529 bits per heavy atom. The molecular weight excluding hydrogens is 422 g/mol. The minimum Gasteiger partial charge on any atom is -0.423 e. The Labute approximate surface area is 213 Å². The molecule has 0 unspecified atom stereocenters. The molecule has 1 N–H and O–H groups in total. The van der Waals surface area contributed by atoms with Crippen LogP contribution < -0.4 is 10.9 Å². The standard InChI is InChI=1S/C8H11BO2.C7H9BO2.3C4H10.CH4/c1-10-9(11-2)8-6-4-3-5-7-8;1-10-8(9)7-5-3-2-4-6-7;3*1-3-4-2;/h3-7H,1-2H3;2-6,9H,1H3;3*3-4H2,1-2H3;1H4. The van der Waals surface area contributed by atoms with Crippen LogP contribution in [0.25, 0.3) is 0 Å². The molecule has 0 saturated heterocycles. The Morgan fingerprint density at radius 2 is 0.824 bits per heavy atom. The minimum atomic E-state index is -0.791. The summed E-state index contributed by atoms with van der Waals surface area (Å²) >= 11 is 0. The maximum absolute atomic E-state index is 9.11. The van der Waals surface area contributed by atoms with E-state index >= 15 is 0 Å². The van der Waals surface area contributed by atoms with Crippen molar-refractivity contribution >= 4 is 25.2 Å². The molecule has 2 rings (SSSR count). The van der Waals surface area contributed by atoms with Crippen LogP contribution in [-0.2, 0) is 14.0 Å². The van der Waals surface area contributed by atoms with Gasteiger partial charge in [0.15, 0.2) is 0 Å². The third-order valence-electron chi connectivity index (χ3n) is 4.31. The first-order valence-corrected chi connectivity index (χ1v) is 12.3. The number of unbranched alkanes of at least 4 members (excludes halogenated alkanes) is 3. The molecule has 0 amide bonds. The first kappa shape index (κ1) is 39.6. The van der Waals surface area contributed by atoms with Crippen LogP contribution in [0, 0.1) is 0 Å². The Morgan fingerprint density at radius 3 is 1.06 bits per heavy atom. The molecule has 0 aromatic heterocycles. The monoisotopic (exact) mass is 476 g/mol. The summed E-state index contributed by atoms with van der Waals surface area (Å²) in [7, 11) is 3.69. The van der Waals surface area contributed by atoms with Crippen LogP contribution in [0.3, 0.4) is 0 Å². The van der Waals surface area contributed by atoms with Crippen LogP contribution >= 0.6 is 0 Å². The van der Waals surface area contributed by atoms with Gasteiger partial charge in [-0.25, -0.2) is 0 Å². The summed E-state index contributed by atoms with van der Waals surface area (Å²) in [6.07, 6.45) is 7.92. The van der Waals surface area contributed by atoms with E-state index in [1.807, 2.05) is 60.7 Å². The molecule has 2 aromatic carbocycles. The lowest BCUT2D eigenvalue weighted by molar-refractivity contribution is 0.292. The van der Waals surface area contributed by atoms with Gasteiger partial charge in [-0.1, -0.05) is 148 Å². The molecule has 0 aliphatic carbocycles. The van der Waals surface area contributed by atoms with E-state index in [1.165, 1.54) is 45.6 Å². The molecule has 196 valence electrons.